The van der Waals surface area contributed by atoms with Gasteiger partial charge in [0.2, 0.25) is 0 Å². The number of nitrogens with one attached hydrogen (secondary N) is 1. The highest BCUT2D eigenvalue weighted by Gasteiger charge is 2.31. The number of Topliss-reactive ketones (excluding diaryl/α,β-unsaturated/α-hetero) is 1. The minimum atomic E-state index is -0.791. The van der Waals surface area contributed by atoms with Crippen LogP contribution < -0.4 is 4.90 Å². The summed E-state index contributed by atoms with van der Waals surface area (Å²) in [6.45, 7) is 1.62. The molecule has 0 radical (unpaired) electrons. The number of amides is 1. The molecule has 1 saturated heterocycles. The number of nitrogens with zero attached hydrogens (tertiary/aromatic N) is 9. The van der Waals surface area contributed by atoms with Crippen LogP contribution in [0.5, 0.6) is 0 Å². The molecular weight excluding hydrogens is 467 g/mol. The molecule has 1 N–H and O–H groups in total. The highest BCUT2D eigenvalue weighted by molar-refractivity contribution is 6.45. The number of benzene rings is 1. The second-order valence-corrected chi connectivity index (χ2v) is 8.18. The average Bonchev–Trinajstić information content (AvgIpc) is 3.70. The quantitative estimate of drug-likeness (QED) is 0.291. The molecule has 4 aromatic heterocycles. The van der Waals surface area contributed by atoms with E-state index in [0.717, 1.165) is 17.7 Å². The summed E-state index contributed by atoms with van der Waals surface area (Å²) in [5.74, 6) is -1.12. The summed E-state index contributed by atoms with van der Waals surface area (Å²) in [6, 6.07) is 9.62. The second-order valence-electron chi connectivity index (χ2n) is 8.18. The van der Waals surface area contributed by atoms with Crippen LogP contribution in [0.15, 0.2) is 61.3 Å². The molecule has 1 aliphatic heterocycles. The molecular formula is C23H19FN10O2. The first-order valence-corrected chi connectivity index (χ1v) is 11.2. The maximum absolute atomic E-state index is 14.7. The van der Waals surface area contributed by atoms with Crippen LogP contribution in [0, 0.1) is 5.82 Å². The van der Waals surface area contributed by atoms with Gasteiger partial charge in [-0.1, -0.05) is 28.6 Å². The highest BCUT2D eigenvalue weighted by atomic mass is 19.1. The number of piperazine rings is 1. The van der Waals surface area contributed by atoms with E-state index >= 15 is 0 Å². The van der Waals surface area contributed by atoms with E-state index in [0.29, 0.717) is 26.2 Å². The third-order valence-electron chi connectivity index (χ3n) is 6.14. The molecule has 1 fully saturated rings. The molecule has 0 unspecified atom stereocenters. The van der Waals surface area contributed by atoms with E-state index in [2.05, 4.69) is 35.5 Å². The van der Waals surface area contributed by atoms with Gasteiger partial charge in [0.1, 0.15) is 0 Å². The van der Waals surface area contributed by atoms with Gasteiger partial charge in [-0.3, -0.25) is 9.59 Å². The van der Waals surface area contributed by atoms with E-state index in [1.54, 1.807) is 17.1 Å². The van der Waals surface area contributed by atoms with Crippen molar-refractivity contribution in [1.82, 2.24) is 44.9 Å². The Morgan fingerprint density at radius 2 is 1.78 bits per heavy atom. The summed E-state index contributed by atoms with van der Waals surface area (Å²) >= 11 is 0. The average molecular weight is 486 g/mol. The van der Waals surface area contributed by atoms with Gasteiger partial charge in [-0.25, -0.2) is 14.1 Å². The van der Waals surface area contributed by atoms with Gasteiger partial charge < -0.3 is 14.8 Å². The molecule has 5 aromatic rings. The Bertz CT molecular complexity index is 1550. The van der Waals surface area contributed by atoms with Gasteiger partial charge in [-0.2, -0.15) is 4.68 Å². The summed E-state index contributed by atoms with van der Waals surface area (Å²) in [6.07, 6.45) is 7.00. The van der Waals surface area contributed by atoms with Crippen molar-refractivity contribution in [2.45, 2.75) is 0 Å². The first-order chi connectivity index (χ1) is 17.6. The van der Waals surface area contributed by atoms with Crippen molar-refractivity contribution in [3.8, 4) is 11.5 Å². The fourth-order valence-electron chi connectivity index (χ4n) is 4.36. The maximum Gasteiger partial charge on any atom is 0.295 e. The Balaban J connectivity index is 1.21. The van der Waals surface area contributed by atoms with Crippen LogP contribution >= 0.6 is 0 Å². The monoisotopic (exact) mass is 486 g/mol. The Morgan fingerprint density at radius 1 is 0.972 bits per heavy atom. The van der Waals surface area contributed by atoms with E-state index in [1.165, 1.54) is 22.0 Å². The summed E-state index contributed by atoms with van der Waals surface area (Å²) in [5, 5.41) is 15.8. The van der Waals surface area contributed by atoms with Gasteiger partial charge >= 0.3 is 0 Å². The lowest BCUT2D eigenvalue weighted by atomic mass is 10.1. The molecule has 1 aromatic carbocycles. The largest absolute Gasteiger partial charge is 0.357 e. The minimum absolute atomic E-state index is 0.00896. The lowest BCUT2D eigenvalue weighted by Gasteiger charge is -2.35. The molecule has 6 rings (SSSR count). The standard InChI is InChI=1S/C23H19FN10O2/c24-17-13-26-22(33-7-6-27-29-33)20-19(17)16(12-25-20)21(35)23(36)32-10-8-31(9-11-32)18-14-28-30-34(18)15-4-2-1-3-5-15/h1-7,12-14,25H,8-11H2. The predicted molar refractivity (Wildman–Crippen MR) is 125 cm³/mol. The molecule has 180 valence electrons. The Hall–Kier alpha value is -4.94. The number of para-hydroxylation sites is 1. The number of ketones is 1. The molecule has 0 spiro atoms. The van der Waals surface area contributed by atoms with Crippen LogP contribution in [-0.2, 0) is 4.79 Å². The molecule has 0 saturated carbocycles. The number of carbonyl (C=O) groups excluding carboxylic acids is 2. The van der Waals surface area contributed by atoms with E-state index < -0.39 is 17.5 Å². The van der Waals surface area contributed by atoms with Crippen LogP contribution in [0.25, 0.3) is 22.4 Å². The van der Waals surface area contributed by atoms with Crippen LogP contribution in [0.3, 0.4) is 0 Å². The van der Waals surface area contributed by atoms with Gasteiger partial charge in [-0.05, 0) is 12.1 Å². The molecule has 1 amide bonds. The lowest BCUT2D eigenvalue weighted by Crippen LogP contribution is -2.51. The Labute approximate surface area is 202 Å². The van der Waals surface area contributed by atoms with Gasteiger partial charge in [0.15, 0.2) is 17.5 Å². The molecule has 0 bridgehead atoms. The molecule has 1 aliphatic rings. The number of hydrogen-bond donors (Lipinski definition) is 1. The van der Waals surface area contributed by atoms with Gasteiger partial charge in [-0.15, -0.1) is 10.2 Å². The molecule has 0 aliphatic carbocycles. The smallest absolute Gasteiger partial charge is 0.295 e. The van der Waals surface area contributed by atoms with Gasteiger partial charge in [0.25, 0.3) is 11.7 Å². The third-order valence-corrected chi connectivity index (χ3v) is 6.14. The zero-order chi connectivity index (χ0) is 24.6. The van der Waals surface area contributed by atoms with Crippen molar-refractivity contribution in [3.63, 3.8) is 0 Å². The van der Waals surface area contributed by atoms with Crippen molar-refractivity contribution in [2.75, 3.05) is 31.1 Å². The first kappa shape index (κ1) is 21.6. The van der Waals surface area contributed by atoms with Crippen molar-refractivity contribution >= 4 is 28.4 Å². The molecule has 12 nitrogen and oxygen atoms in total. The third kappa shape index (κ3) is 3.57. The summed E-state index contributed by atoms with van der Waals surface area (Å²) in [7, 11) is 0. The number of carbonyl (C=O) groups is 2. The topological polar surface area (TPSA) is 131 Å². The van der Waals surface area contributed by atoms with E-state index in [-0.39, 0.29) is 22.3 Å². The predicted octanol–water partition coefficient (Wildman–Crippen LogP) is 1.39. The second kappa shape index (κ2) is 8.69. The van der Waals surface area contributed by atoms with Crippen LogP contribution in [-0.4, -0.2) is 82.7 Å². The fraction of sp³-hybridized carbons (Fsp3) is 0.174. The number of pyridine rings is 1. The van der Waals surface area contributed by atoms with Gasteiger partial charge in [0.05, 0.1) is 46.9 Å². The van der Waals surface area contributed by atoms with E-state index in [4.69, 9.17) is 0 Å². The Kier molecular flexibility index (Phi) is 5.21. The van der Waals surface area contributed by atoms with E-state index in [9.17, 15) is 14.0 Å². The van der Waals surface area contributed by atoms with Crippen molar-refractivity contribution in [3.05, 3.63) is 72.7 Å². The number of halogens is 1. The zero-order valence-corrected chi connectivity index (χ0v) is 18.8. The van der Waals surface area contributed by atoms with Crippen LogP contribution in [0.2, 0.25) is 0 Å². The number of fused-ring (bicyclic) bond motifs is 1. The van der Waals surface area contributed by atoms with Crippen molar-refractivity contribution in [2.24, 2.45) is 0 Å². The molecule has 36 heavy (non-hydrogen) atoms. The van der Waals surface area contributed by atoms with Crippen LogP contribution in [0.4, 0.5) is 10.2 Å². The number of H-pyrrole nitrogens is 1. The van der Waals surface area contributed by atoms with Crippen molar-refractivity contribution in [1.29, 1.82) is 0 Å². The normalized spacial score (nSPS) is 13.9. The number of anilines is 1. The summed E-state index contributed by atoms with van der Waals surface area (Å²) in [4.78, 5) is 36.7. The SMILES string of the molecule is O=C(C(=O)N1CCN(c2cnnn2-c2ccccc2)CC1)c1c[nH]c2c(-n3ccnn3)ncc(F)c12. The lowest BCUT2D eigenvalue weighted by molar-refractivity contribution is -0.126. The first-order valence-electron chi connectivity index (χ1n) is 11.2. The van der Waals surface area contributed by atoms with Gasteiger partial charge in [0, 0.05) is 32.4 Å². The number of hydrogen-bond acceptors (Lipinski definition) is 8. The summed E-state index contributed by atoms with van der Waals surface area (Å²) < 4.78 is 17.8. The van der Waals surface area contributed by atoms with E-state index in [1.807, 2.05) is 30.3 Å². The fourth-order valence-corrected chi connectivity index (χ4v) is 4.36. The Morgan fingerprint density at radius 3 is 2.53 bits per heavy atom. The van der Waals surface area contributed by atoms with Crippen molar-refractivity contribution < 1.29 is 14.0 Å². The number of aromatic nitrogens is 8. The highest BCUT2D eigenvalue weighted by Crippen LogP contribution is 2.26. The summed E-state index contributed by atoms with van der Waals surface area (Å²) in [5.41, 5.74) is 1.08. The zero-order valence-electron chi connectivity index (χ0n) is 18.8. The minimum Gasteiger partial charge on any atom is -0.357 e. The number of aromatic amines is 1. The molecule has 13 heteroatoms. The maximum atomic E-state index is 14.7. The molecule has 5 heterocycles. The number of rotatable bonds is 5. The van der Waals surface area contributed by atoms with Crippen LogP contribution in [0.1, 0.15) is 10.4 Å². The molecule has 0 atom stereocenters.